The first-order chi connectivity index (χ1) is 9.74. The number of hydrogen-bond acceptors (Lipinski definition) is 2. The molecule has 20 heavy (non-hydrogen) atoms. The third kappa shape index (κ3) is 2.68. The minimum Gasteiger partial charge on any atom is -0.320 e. The zero-order valence-corrected chi connectivity index (χ0v) is 11.8. The maximum Gasteiger partial charge on any atom is 0.274 e. The fraction of sp³-hybridized carbons (Fsp3) is 0.250. The average Bonchev–Trinajstić information content (AvgIpc) is 2.47. The molecule has 2 aromatic rings. The number of nitrogens with zero attached hydrogens (tertiary/aromatic N) is 1. The second kappa shape index (κ2) is 5.63. The van der Waals surface area contributed by atoms with E-state index in [1.54, 1.807) is 18.2 Å². The van der Waals surface area contributed by atoms with E-state index in [0.717, 1.165) is 18.5 Å². The van der Waals surface area contributed by atoms with E-state index in [1.807, 2.05) is 12.1 Å². The maximum atomic E-state index is 12.2. The quantitative estimate of drug-likeness (QED) is 0.852. The Bertz CT molecular complexity index is 655. The molecule has 1 amide bonds. The molecule has 1 heterocycles. The molecule has 0 unspecified atom stereocenters. The number of nitrogens with one attached hydrogen (secondary N) is 1. The van der Waals surface area contributed by atoms with Crippen LogP contribution in [0.1, 0.15) is 34.5 Å². The molecular weight excluding hydrogens is 272 g/mol. The highest BCUT2D eigenvalue weighted by molar-refractivity contribution is 6.29. The Balaban J connectivity index is 1.86. The van der Waals surface area contributed by atoms with Crippen molar-refractivity contribution in [3.8, 4) is 0 Å². The number of carbonyl (C=O) groups is 1. The van der Waals surface area contributed by atoms with Crippen molar-refractivity contribution in [3.63, 3.8) is 0 Å². The molecule has 3 rings (SSSR count). The summed E-state index contributed by atoms with van der Waals surface area (Å²) in [5.74, 6) is -0.216. The normalized spacial score (nSPS) is 13.7. The van der Waals surface area contributed by atoms with Crippen LogP contribution >= 0.6 is 11.6 Å². The Kier molecular flexibility index (Phi) is 3.70. The van der Waals surface area contributed by atoms with Gasteiger partial charge >= 0.3 is 0 Å². The number of pyridine rings is 1. The summed E-state index contributed by atoms with van der Waals surface area (Å²) in [4.78, 5) is 16.3. The van der Waals surface area contributed by atoms with E-state index in [4.69, 9.17) is 11.6 Å². The van der Waals surface area contributed by atoms with Gasteiger partial charge in [0.25, 0.3) is 5.91 Å². The lowest BCUT2D eigenvalue weighted by Gasteiger charge is -2.19. The number of halogens is 1. The summed E-state index contributed by atoms with van der Waals surface area (Å²) in [5.41, 5.74) is 3.84. The molecule has 1 aliphatic rings. The van der Waals surface area contributed by atoms with E-state index >= 15 is 0 Å². The summed E-state index contributed by atoms with van der Waals surface area (Å²) in [7, 11) is 0. The molecule has 3 nitrogen and oxygen atoms in total. The number of fused-ring (bicyclic) bond motifs is 1. The van der Waals surface area contributed by atoms with Gasteiger partial charge in [-0.1, -0.05) is 29.8 Å². The summed E-state index contributed by atoms with van der Waals surface area (Å²) >= 11 is 5.82. The van der Waals surface area contributed by atoms with Gasteiger partial charge in [-0.2, -0.15) is 0 Å². The topological polar surface area (TPSA) is 42.0 Å². The van der Waals surface area contributed by atoms with E-state index < -0.39 is 0 Å². The van der Waals surface area contributed by atoms with Crippen molar-refractivity contribution in [1.29, 1.82) is 0 Å². The number of amides is 1. The van der Waals surface area contributed by atoms with Gasteiger partial charge in [-0.05, 0) is 55.0 Å². The fourth-order valence-corrected chi connectivity index (χ4v) is 2.78. The summed E-state index contributed by atoms with van der Waals surface area (Å²) in [6.45, 7) is 0. The number of benzene rings is 1. The van der Waals surface area contributed by atoms with Crippen LogP contribution in [-0.4, -0.2) is 10.9 Å². The van der Waals surface area contributed by atoms with Crippen LogP contribution < -0.4 is 5.32 Å². The molecule has 0 atom stereocenters. The third-order valence-electron chi connectivity index (χ3n) is 3.59. The minimum absolute atomic E-state index is 0.216. The summed E-state index contributed by atoms with van der Waals surface area (Å²) < 4.78 is 0. The van der Waals surface area contributed by atoms with Gasteiger partial charge in [0.2, 0.25) is 0 Å². The van der Waals surface area contributed by atoms with Gasteiger partial charge in [-0.15, -0.1) is 0 Å². The number of anilines is 1. The van der Waals surface area contributed by atoms with Crippen LogP contribution in [0.4, 0.5) is 5.69 Å². The molecule has 0 spiro atoms. The standard InChI is InChI=1S/C16H15ClN2O/c17-15-10-4-9-14(18-15)16(20)19-13-8-3-6-11-5-1-2-7-12(11)13/h3-4,6,8-10H,1-2,5,7H2,(H,19,20). The monoisotopic (exact) mass is 286 g/mol. The highest BCUT2D eigenvalue weighted by atomic mass is 35.5. The van der Waals surface area contributed by atoms with Crippen LogP contribution in [0, 0.1) is 0 Å². The van der Waals surface area contributed by atoms with E-state index in [9.17, 15) is 4.79 Å². The SMILES string of the molecule is O=C(Nc1cccc2c1CCCC2)c1cccc(Cl)n1. The van der Waals surface area contributed by atoms with Crippen molar-refractivity contribution in [2.24, 2.45) is 0 Å². The zero-order valence-electron chi connectivity index (χ0n) is 11.0. The lowest BCUT2D eigenvalue weighted by molar-refractivity contribution is 0.102. The Morgan fingerprint density at radius 1 is 1.10 bits per heavy atom. The summed E-state index contributed by atoms with van der Waals surface area (Å²) in [5, 5.41) is 3.28. The number of rotatable bonds is 2. The predicted octanol–water partition coefficient (Wildman–Crippen LogP) is 3.87. The van der Waals surface area contributed by atoms with Gasteiger partial charge in [-0.25, -0.2) is 4.98 Å². The lowest BCUT2D eigenvalue weighted by Crippen LogP contribution is -2.16. The molecule has 0 saturated carbocycles. The summed E-state index contributed by atoms with van der Waals surface area (Å²) in [6.07, 6.45) is 4.51. The molecule has 1 aromatic carbocycles. The van der Waals surface area contributed by atoms with Crippen molar-refractivity contribution in [1.82, 2.24) is 4.98 Å². The Hall–Kier alpha value is -1.87. The van der Waals surface area contributed by atoms with Gasteiger partial charge in [0.05, 0.1) is 0 Å². The van der Waals surface area contributed by atoms with Crippen molar-refractivity contribution in [3.05, 3.63) is 58.4 Å². The second-order valence-electron chi connectivity index (χ2n) is 4.95. The first kappa shape index (κ1) is 13.1. The van der Waals surface area contributed by atoms with E-state index in [0.29, 0.717) is 10.8 Å². The molecule has 0 aliphatic heterocycles. The Labute approximate surface area is 123 Å². The maximum absolute atomic E-state index is 12.2. The number of aromatic nitrogens is 1. The summed E-state index contributed by atoms with van der Waals surface area (Å²) in [6, 6.07) is 11.1. The number of aryl methyl sites for hydroxylation is 1. The Morgan fingerprint density at radius 3 is 2.75 bits per heavy atom. The van der Waals surface area contributed by atoms with E-state index in [1.165, 1.54) is 24.0 Å². The number of hydrogen-bond donors (Lipinski definition) is 1. The molecule has 0 saturated heterocycles. The van der Waals surface area contributed by atoms with Crippen LogP contribution in [0.5, 0.6) is 0 Å². The Morgan fingerprint density at radius 2 is 1.90 bits per heavy atom. The first-order valence-corrected chi connectivity index (χ1v) is 7.16. The fourth-order valence-electron chi connectivity index (χ4n) is 2.62. The molecule has 0 bridgehead atoms. The molecule has 0 fully saturated rings. The van der Waals surface area contributed by atoms with Crippen LogP contribution in [-0.2, 0) is 12.8 Å². The van der Waals surface area contributed by atoms with Crippen molar-refractivity contribution in [2.45, 2.75) is 25.7 Å². The smallest absolute Gasteiger partial charge is 0.274 e. The molecule has 1 aromatic heterocycles. The third-order valence-corrected chi connectivity index (χ3v) is 3.80. The molecule has 1 N–H and O–H groups in total. The zero-order chi connectivity index (χ0) is 13.9. The molecule has 102 valence electrons. The largest absolute Gasteiger partial charge is 0.320 e. The van der Waals surface area contributed by atoms with Crippen LogP contribution in [0.25, 0.3) is 0 Å². The van der Waals surface area contributed by atoms with Crippen LogP contribution in [0.15, 0.2) is 36.4 Å². The van der Waals surface area contributed by atoms with Gasteiger partial charge in [-0.3, -0.25) is 4.79 Å². The number of carbonyl (C=O) groups excluding carboxylic acids is 1. The molecular formula is C16H15ClN2O. The highest BCUT2D eigenvalue weighted by Gasteiger charge is 2.15. The molecule has 0 radical (unpaired) electrons. The molecule has 4 heteroatoms. The van der Waals surface area contributed by atoms with Gasteiger partial charge in [0.1, 0.15) is 10.8 Å². The lowest BCUT2D eigenvalue weighted by atomic mass is 9.90. The van der Waals surface area contributed by atoms with Gasteiger partial charge < -0.3 is 5.32 Å². The van der Waals surface area contributed by atoms with Crippen molar-refractivity contribution in [2.75, 3.05) is 5.32 Å². The minimum atomic E-state index is -0.216. The van der Waals surface area contributed by atoms with Crippen LogP contribution in [0.3, 0.4) is 0 Å². The predicted molar refractivity (Wildman–Crippen MR) is 80.3 cm³/mol. The van der Waals surface area contributed by atoms with Gasteiger partial charge in [0, 0.05) is 5.69 Å². The van der Waals surface area contributed by atoms with Crippen molar-refractivity contribution >= 4 is 23.2 Å². The van der Waals surface area contributed by atoms with Crippen LogP contribution in [0.2, 0.25) is 5.15 Å². The molecule has 1 aliphatic carbocycles. The van der Waals surface area contributed by atoms with Crippen molar-refractivity contribution < 1.29 is 4.79 Å². The van der Waals surface area contributed by atoms with E-state index in [-0.39, 0.29) is 5.91 Å². The van der Waals surface area contributed by atoms with Gasteiger partial charge in [0.15, 0.2) is 0 Å². The average molecular weight is 287 g/mol. The van der Waals surface area contributed by atoms with E-state index in [2.05, 4.69) is 16.4 Å². The first-order valence-electron chi connectivity index (χ1n) is 6.79. The highest BCUT2D eigenvalue weighted by Crippen LogP contribution is 2.28. The second-order valence-corrected chi connectivity index (χ2v) is 5.34.